The Kier molecular flexibility index (Phi) is 3.24. The van der Waals surface area contributed by atoms with Crippen LogP contribution in [0.4, 0.5) is 0 Å². The van der Waals surface area contributed by atoms with E-state index in [-0.39, 0.29) is 16.6 Å². The number of Topliss-reactive ketones (excluding diaryl/α,β-unsaturated/α-hetero) is 1. The van der Waals surface area contributed by atoms with E-state index in [0.717, 1.165) is 16.9 Å². The molecule has 104 valence electrons. The molecule has 0 unspecified atom stereocenters. The molecule has 2 heteroatoms. The summed E-state index contributed by atoms with van der Waals surface area (Å²) in [7, 11) is 0. The van der Waals surface area contributed by atoms with Gasteiger partial charge in [-0.1, -0.05) is 41.5 Å². The third-order valence-electron chi connectivity index (χ3n) is 3.85. The summed E-state index contributed by atoms with van der Waals surface area (Å²) in [6.45, 7) is 13.4. The van der Waals surface area contributed by atoms with E-state index in [1.165, 1.54) is 5.56 Å². The van der Waals surface area contributed by atoms with E-state index < -0.39 is 0 Å². The number of carbonyl (C=O) groups excluding carboxylic acids is 1. The molecule has 19 heavy (non-hydrogen) atoms. The molecule has 2 nitrogen and oxygen atoms in total. The highest BCUT2D eigenvalue weighted by molar-refractivity contribution is 5.96. The van der Waals surface area contributed by atoms with Crippen molar-refractivity contribution in [1.82, 2.24) is 0 Å². The van der Waals surface area contributed by atoms with Gasteiger partial charge in [-0.15, -0.1) is 0 Å². The Hall–Kier alpha value is -1.31. The van der Waals surface area contributed by atoms with Gasteiger partial charge in [-0.2, -0.15) is 0 Å². The maximum absolute atomic E-state index is 12.1. The van der Waals surface area contributed by atoms with Gasteiger partial charge in [-0.05, 0) is 17.5 Å². The summed E-state index contributed by atoms with van der Waals surface area (Å²) in [5.74, 6) is 1.20. The zero-order valence-corrected chi connectivity index (χ0v) is 12.9. The third kappa shape index (κ3) is 2.41. The summed E-state index contributed by atoms with van der Waals surface area (Å²) in [6, 6.07) is 4.05. The molecule has 0 aromatic heterocycles. The lowest BCUT2D eigenvalue weighted by atomic mass is 9.79. The maximum Gasteiger partial charge on any atom is 0.162 e. The second-order valence-corrected chi connectivity index (χ2v) is 7.10. The van der Waals surface area contributed by atoms with Crippen molar-refractivity contribution in [1.29, 1.82) is 0 Å². The standard InChI is InChI=1S/C17H24O2/c1-7-14(18)11-8-12(16(2,3)4)15-13(9-11)17(5,6)10-19-15/h8-9H,7,10H2,1-6H3. The quantitative estimate of drug-likeness (QED) is 0.743. The molecule has 1 aliphatic heterocycles. The first kappa shape index (κ1) is 14.1. The van der Waals surface area contributed by atoms with E-state index in [4.69, 9.17) is 4.74 Å². The van der Waals surface area contributed by atoms with Crippen LogP contribution < -0.4 is 4.74 Å². The average molecular weight is 260 g/mol. The van der Waals surface area contributed by atoms with E-state index >= 15 is 0 Å². The molecular formula is C17H24O2. The molecule has 0 saturated heterocycles. The lowest BCUT2D eigenvalue weighted by molar-refractivity contribution is 0.0988. The van der Waals surface area contributed by atoms with Gasteiger partial charge in [0.25, 0.3) is 0 Å². The van der Waals surface area contributed by atoms with Crippen molar-refractivity contribution < 1.29 is 9.53 Å². The molecule has 2 rings (SSSR count). The van der Waals surface area contributed by atoms with Crippen molar-refractivity contribution in [2.75, 3.05) is 6.61 Å². The first-order valence-corrected chi connectivity index (χ1v) is 7.02. The van der Waals surface area contributed by atoms with Crippen LogP contribution in [-0.2, 0) is 10.8 Å². The molecule has 0 fully saturated rings. The molecule has 0 amide bonds. The molecule has 1 heterocycles. The molecule has 0 radical (unpaired) electrons. The minimum atomic E-state index is -0.0193. The number of rotatable bonds is 2. The topological polar surface area (TPSA) is 26.3 Å². The summed E-state index contributed by atoms with van der Waals surface area (Å²) in [5.41, 5.74) is 3.11. The van der Waals surface area contributed by atoms with Gasteiger partial charge in [0.2, 0.25) is 0 Å². The van der Waals surface area contributed by atoms with Crippen LogP contribution in [0.25, 0.3) is 0 Å². The van der Waals surface area contributed by atoms with E-state index in [1.54, 1.807) is 0 Å². The first-order valence-electron chi connectivity index (χ1n) is 7.02. The van der Waals surface area contributed by atoms with Gasteiger partial charge in [0.05, 0.1) is 6.61 Å². The van der Waals surface area contributed by atoms with Crippen molar-refractivity contribution in [2.45, 2.75) is 58.8 Å². The Morgan fingerprint density at radius 3 is 2.47 bits per heavy atom. The highest BCUT2D eigenvalue weighted by Gasteiger charge is 2.36. The fourth-order valence-electron chi connectivity index (χ4n) is 2.54. The summed E-state index contributed by atoms with van der Waals surface area (Å²) in [6.07, 6.45) is 0.545. The molecule has 1 aromatic rings. The molecule has 0 spiro atoms. The lowest BCUT2D eigenvalue weighted by Gasteiger charge is -2.24. The van der Waals surface area contributed by atoms with Gasteiger partial charge in [0.1, 0.15) is 5.75 Å². The summed E-state index contributed by atoms with van der Waals surface area (Å²) in [4.78, 5) is 12.1. The number of benzene rings is 1. The molecule has 0 aliphatic carbocycles. The molecule has 1 aliphatic rings. The predicted molar refractivity (Wildman–Crippen MR) is 78.3 cm³/mol. The number of fused-ring (bicyclic) bond motifs is 1. The van der Waals surface area contributed by atoms with Gasteiger partial charge in [0, 0.05) is 28.5 Å². The Labute approximate surface area is 116 Å². The maximum atomic E-state index is 12.1. The van der Waals surface area contributed by atoms with Gasteiger partial charge in [-0.3, -0.25) is 4.79 Å². The number of carbonyl (C=O) groups is 1. The van der Waals surface area contributed by atoms with Crippen molar-refractivity contribution in [3.63, 3.8) is 0 Å². The number of hydrogen-bond donors (Lipinski definition) is 0. The monoisotopic (exact) mass is 260 g/mol. The van der Waals surface area contributed by atoms with Crippen LogP contribution in [0.5, 0.6) is 5.75 Å². The van der Waals surface area contributed by atoms with E-state index in [1.807, 2.05) is 19.1 Å². The lowest BCUT2D eigenvalue weighted by Crippen LogP contribution is -2.19. The molecule has 0 atom stereocenters. The fourth-order valence-corrected chi connectivity index (χ4v) is 2.54. The fraction of sp³-hybridized carbons (Fsp3) is 0.588. The van der Waals surface area contributed by atoms with E-state index in [2.05, 4.69) is 34.6 Å². The Morgan fingerprint density at radius 1 is 1.32 bits per heavy atom. The highest BCUT2D eigenvalue weighted by Crippen LogP contribution is 2.45. The van der Waals surface area contributed by atoms with Crippen molar-refractivity contribution >= 4 is 5.78 Å². The van der Waals surface area contributed by atoms with E-state index in [9.17, 15) is 4.79 Å². The smallest absolute Gasteiger partial charge is 0.162 e. The van der Waals surface area contributed by atoms with Crippen LogP contribution >= 0.6 is 0 Å². The van der Waals surface area contributed by atoms with Gasteiger partial charge in [0.15, 0.2) is 5.78 Å². The summed E-state index contributed by atoms with van der Waals surface area (Å²) >= 11 is 0. The second-order valence-electron chi connectivity index (χ2n) is 7.10. The van der Waals surface area contributed by atoms with Crippen molar-refractivity contribution in [2.24, 2.45) is 0 Å². The van der Waals surface area contributed by atoms with Crippen LogP contribution in [-0.4, -0.2) is 12.4 Å². The number of ether oxygens (including phenoxy) is 1. The summed E-state index contributed by atoms with van der Waals surface area (Å²) < 4.78 is 5.93. The molecular weight excluding hydrogens is 236 g/mol. The van der Waals surface area contributed by atoms with Crippen LogP contribution in [0.2, 0.25) is 0 Å². The number of ketones is 1. The van der Waals surface area contributed by atoms with E-state index in [0.29, 0.717) is 13.0 Å². The number of hydrogen-bond acceptors (Lipinski definition) is 2. The van der Waals surface area contributed by atoms with Crippen molar-refractivity contribution in [3.05, 3.63) is 28.8 Å². The van der Waals surface area contributed by atoms with Gasteiger partial charge < -0.3 is 4.74 Å². The third-order valence-corrected chi connectivity index (χ3v) is 3.85. The largest absolute Gasteiger partial charge is 0.492 e. The SMILES string of the molecule is CCC(=O)c1cc(C(C)(C)C)c2c(c1)C(C)(C)CO2. The molecule has 0 N–H and O–H groups in total. The first-order chi connectivity index (χ1) is 8.66. The van der Waals surface area contributed by atoms with Gasteiger partial charge >= 0.3 is 0 Å². The second kappa shape index (κ2) is 4.36. The zero-order chi connectivity index (χ0) is 14.4. The van der Waals surface area contributed by atoms with Crippen LogP contribution in [0.3, 0.4) is 0 Å². The zero-order valence-electron chi connectivity index (χ0n) is 12.9. The normalized spacial score (nSPS) is 16.9. The van der Waals surface area contributed by atoms with Crippen LogP contribution in [0, 0.1) is 0 Å². The highest BCUT2D eigenvalue weighted by atomic mass is 16.5. The predicted octanol–water partition coefficient (Wildman–Crippen LogP) is 4.25. The Bertz CT molecular complexity index is 519. The minimum Gasteiger partial charge on any atom is -0.492 e. The van der Waals surface area contributed by atoms with Crippen LogP contribution in [0.15, 0.2) is 12.1 Å². The molecule has 1 aromatic carbocycles. The summed E-state index contributed by atoms with van der Waals surface area (Å²) in [5, 5.41) is 0. The van der Waals surface area contributed by atoms with Crippen molar-refractivity contribution in [3.8, 4) is 5.75 Å². The van der Waals surface area contributed by atoms with Crippen LogP contribution in [0.1, 0.15) is 69.4 Å². The Morgan fingerprint density at radius 2 is 1.95 bits per heavy atom. The Balaban J connectivity index is 2.69. The molecule has 0 saturated carbocycles. The minimum absolute atomic E-state index is 0.0145. The average Bonchev–Trinajstić information content (AvgIpc) is 2.62. The molecule has 0 bridgehead atoms. The van der Waals surface area contributed by atoms with Gasteiger partial charge in [-0.25, -0.2) is 0 Å².